The molecule has 0 aliphatic heterocycles. The Morgan fingerprint density at radius 1 is 0.833 bits per heavy atom. The van der Waals surface area contributed by atoms with Crippen LogP contribution in [0.4, 0.5) is 11.4 Å². The van der Waals surface area contributed by atoms with Crippen LogP contribution in [0.2, 0.25) is 5.02 Å². The standard InChI is InChI=1S/C19H21ClN2O2/c1-11-5-12(2)8-15(7-11)21-17(23)10-18(24)22-19-14(4)6-13(3)9-16(19)20/h5-9H,10H2,1-4H3,(H,21,23)(H,22,24). The van der Waals surface area contributed by atoms with Gasteiger partial charge in [0.15, 0.2) is 0 Å². The van der Waals surface area contributed by atoms with Gasteiger partial charge < -0.3 is 10.6 Å². The minimum Gasteiger partial charge on any atom is -0.326 e. The number of carbonyl (C=O) groups excluding carboxylic acids is 2. The highest BCUT2D eigenvalue weighted by Crippen LogP contribution is 2.27. The summed E-state index contributed by atoms with van der Waals surface area (Å²) in [6.45, 7) is 7.71. The lowest BCUT2D eigenvalue weighted by Gasteiger charge is -2.12. The number of halogens is 1. The molecule has 0 heterocycles. The average Bonchev–Trinajstić information content (AvgIpc) is 2.41. The first-order valence-electron chi connectivity index (χ1n) is 7.69. The van der Waals surface area contributed by atoms with Crippen LogP contribution < -0.4 is 10.6 Å². The van der Waals surface area contributed by atoms with Crippen LogP contribution in [0.3, 0.4) is 0 Å². The molecule has 0 atom stereocenters. The van der Waals surface area contributed by atoms with Crippen molar-refractivity contribution in [3.8, 4) is 0 Å². The van der Waals surface area contributed by atoms with E-state index in [0.717, 1.165) is 22.3 Å². The molecule has 2 aromatic carbocycles. The summed E-state index contributed by atoms with van der Waals surface area (Å²) in [5, 5.41) is 5.93. The summed E-state index contributed by atoms with van der Waals surface area (Å²) in [6.07, 6.45) is -0.267. The molecule has 0 radical (unpaired) electrons. The number of aryl methyl sites for hydroxylation is 4. The van der Waals surface area contributed by atoms with Crippen LogP contribution in [0.1, 0.15) is 28.7 Å². The van der Waals surface area contributed by atoms with Crippen molar-refractivity contribution in [1.82, 2.24) is 0 Å². The predicted octanol–water partition coefficient (Wildman–Crippen LogP) is 4.54. The van der Waals surface area contributed by atoms with Crippen molar-refractivity contribution in [2.24, 2.45) is 0 Å². The van der Waals surface area contributed by atoms with E-state index >= 15 is 0 Å². The number of hydrogen-bond donors (Lipinski definition) is 2. The maximum atomic E-state index is 12.1. The lowest BCUT2D eigenvalue weighted by atomic mass is 10.1. The molecule has 0 saturated heterocycles. The fourth-order valence-electron chi connectivity index (χ4n) is 2.66. The van der Waals surface area contributed by atoms with E-state index < -0.39 is 5.91 Å². The third-order valence-electron chi connectivity index (χ3n) is 3.52. The van der Waals surface area contributed by atoms with E-state index in [-0.39, 0.29) is 12.3 Å². The fraction of sp³-hybridized carbons (Fsp3) is 0.263. The molecule has 5 heteroatoms. The molecule has 0 bridgehead atoms. The minimum absolute atomic E-state index is 0.267. The zero-order chi connectivity index (χ0) is 17.9. The van der Waals surface area contributed by atoms with Crippen LogP contribution in [0.15, 0.2) is 30.3 Å². The summed E-state index contributed by atoms with van der Waals surface area (Å²) in [6, 6.07) is 9.45. The Labute approximate surface area is 147 Å². The molecule has 0 spiro atoms. The summed E-state index contributed by atoms with van der Waals surface area (Å²) in [4.78, 5) is 24.2. The number of hydrogen-bond acceptors (Lipinski definition) is 2. The van der Waals surface area contributed by atoms with Gasteiger partial charge in [0.25, 0.3) is 0 Å². The summed E-state index contributed by atoms with van der Waals surface area (Å²) >= 11 is 6.16. The van der Waals surface area contributed by atoms with E-state index in [0.29, 0.717) is 16.4 Å². The lowest BCUT2D eigenvalue weighted by molar-refractivity contribution is -0.123. The Bertz CT molecular complexity index is 757. The number of amides is 2. The molecule has 2 N–H and O–H groups in total. The normalized spacial score (nSPS) is 10.4. The second-order valence-corrected chi connectivity index (χ2v) is 6.50. The van der Waals surface area contributed by atoms with Gasteiger partial charge in [0, 0.05) is 5.69 Å². The number of nitrogens with one attached hydrogen (secondary N) is 2. The minimum atomic E-state index is -0.397. The van der Waals surface area contributed by atoms with E-state index in [1.54, 1.807) is 6.07 Å². The molecule has 24 heavy (non-hydrogen) atoms. The molecule has 0 aliphatic carbocycles. The third kappa shape index (κ3) is 4.83. The fourth-order valence-corrected chi connectivity index (χ4v) is 3.02. The SMILES string of the molecule is Cc1cc(C)cc(NC(=O)CC(=O)Nc2c(C)cc(C)cc2Cl)c1. The summed E-state index contributed by atoms with van der Waals surface area (Å²) in [5.74, 6) is -0.760. The van der Waals surface area contributed by atoms with Gasteiger partial charge in [-0.25, -0.2) is 0 Å². The van der Waals surface area contributed by atoms with Crippen LogP contribution in [0, 0.1) is 27.7 Å². The van der Waals surface area contributed by atoms with Gasteiger partial charge in [0.05, 0.1) is 10.7 Å². The average molecular weight is 345 g/mol. The molecule has 0 saturated carbocycles. The van der Waals surface area contributed by atoms with Gasteiger partial charge in [0.1, 0.15) is 6.42 Å². The Balaban J connectivity index is 2.01. The Morgan fingerprint density at radius 2 is 1.38 bits per heavy atom. The first-order chi connectivity index (χ1) is 11.2. The molecular weight excluding hydrogens is 324 g/mol. The second-order valence-electron chi connectivity index (χ2n) is 6.09. The molecule has 2 amide bonds. The zero-order valence-corrected chi connectivity index (χ0v) is 15.0. The van der Waals surface area contributed by atoms with E-state index in [4.69, 9.17) is 11.6 Å². The lowest BCUT2D eigenvalue weighted by Crippen LogP contribution is -2.22. The molecule has 0 fully saturated rings. The van der Waals surface area contributed by atoms with Crippen molar-refractivity contribution in [1.29, 1.82) is 0 Å². The maximum absolute atomic E-state index is 12.1. The molecule has 2 aromatic rings. The van der Waals surface area contributed by atoms with Gasteiger partial charge in [-0.15, -0.1) is 0 Å². The van der Waals surface area contributed by atoms with Crippen LogP contribution >= 0.6 is 11.6 Å². The molecule has 4 nitrogen and oxygen atoms in total. The topological polar surface area (TPSA) is 58.2 Å². The van der Waals surface area contributed by atoms with Crippen LogP contribution in [-0.4, -0.2) is 11.8 Å². The van der Waals surface area contributed by atoms with Crippen molar-refractivity contribution in [2.45, 2.75) is 34.1 Å². The smallest absolute Gasteiger partial charge is 0.233 e. The highest BCUT2D eigenvalue weighted by atomic mass is 35.5. The monoisotopic (exact) mass is 344 g/mol. The Hall–Kier alpha value is -2.33. The summed E-state index contributed by atoms with van der Waals surface area (Å²) in [5.41, 5.74) is 5.22. The van der Waals surface area contributed by atoms with Gasteiger partial charge in [-0.2, -0.15) is 0 Å². The molecule has 126 valence electrons. The van der Waals surface area contributed by atoms with Gasteiger partial charge in [-0.05, 0) is 68.1 Å². The number of rotatable bonds is 4. The highest BCUT2D eigenvalue weighted by molar-refractivity contribution is 6.34. The van der Waals surface area contributed by atoms with Gasteiger partial charge >= 0.3 is 0 Å². The van der Waals surface area contributed by atoms with Crippen molar-refractivity contribution in [3.63, 3.8) is 0 Å². The van der Waals surface area contributed by atoms with E-state index in [2.05, 4.69) is 10.6 Å². The Morgan fingerprint density at radius 3 is 1.96 bits per heavy atom. The first kappa shape index (κ1) is 18.0. The van der Waals surface area contributed by atoms with Crippen molar-refractivity contribution in [2.75, 3.05) is 10.6 Å². The number of benzene rings is 2. The first-order valence-corrected chi connectivity index (χ1v) is 8.07. The highest BCUT2D eigenvalue weighted by Gasteiger charge is 2.13. The van der Waals surface area contributed by atoms with Crippen molar-refractivity contribution < 1.29 is 9.59 Å². The summed E-state index contributed by atoms with van der Waals surface area (Å²) < 4.78 is 0. The summed E-state index contributed by atoms with van der Waals surface area (Å²) in [7, 11) is 0. The molecular formula is C19H21ClN2O2. The van der Waals surface area contributed by atoms with Gasteiger partial charge in [-0.3, -0.25) is 9.59 Å². The van der Waals surface area contributed by atoms with E-state index in [1.807, 2.05) is 52.0 Å². The van der Waals surface area contributed by atoms with Crippen molar-refractivity contribution >= 4 is 34.8 Å². The van der Waals surface area contributed by atoms with E-state index in [9.17, 15) is 9.59 Å². The van der Waals surface area contributed by atoms with E-state index in [1.165, 1.54) is 0 Å². The predicted molar refractivity (Wildman–Crippen MR) is 98.7 cm³/mol. The molecule has 0 aliphatic rings. The third-order valence-corrected chi connectivity index (χ3v) is 3.82. The maximum Gasteiger partial charge on any atom is 0.233 e. The van der Waals surface area contributed by atoms with Crippen LogP contribution in [0.5, 0.6) is 0 Å². The Kier molecular flexibility index (Phi) is 5.62. The van der Waals surface area contributed by atoms with Crippen molar-refractivity contribution in [3.05, 3.63) is 57.6 Å². The van der Waals surface area contributed by atoms with Gasteiger partial charge in [0.2, 0.25) is 11.8 Å². The largest absolute Gasteiger partial charge is 0.326 e. The number of anilines is 2. The van der Waals surface area contributed by atoms with Gasteiger partial charge in [-0.1, -0.05) is 23.7 Å². The quantitative estimate of drug-likeness (QED) is 0.800. The zero-order valence-electron chi connectivity index (χ0n) is 14.3. The molecule has 0 unspecified atom stereocenters. The molecule has 0 aromatic heterocycles. The second kappa shape index (κ2) is 7.49. The van der Waals surface area contributed by atoms with Crippen LogP contribution in [-0.2, 0) is 9.59 Å². The van der Waals surface area contributed by atoms with Crippen LogP contribution in [0.25, 0.3) is 0 Å². The molecule has 2 rings (SSSR count). The number of carbonyl (C=O) groups is 2.